The zero-order valence-electron chi connectivity index (χ0n) is 6.40. The first kappa shape index (κ1) is 8.89. The molecule has 0 aliphatic carbocycles. The molecule has 0 saturated heterocycles. The number of hydrogen-bond acceptors (Lipinski definition) is 1. The van der Waals surface area contributed by atoms with Gasteiger partial charge in [-0.1, -0.05) is 26.1 Å². The minimum atomic E-state index is 0.586. The summed E-state index contributed by atoms with van der Waals surface area (Å²) in [5.41, 5.74) is 0. The lowest BCUT2D eigenvalue weighted by Gasteiger charge is -2.13. The topological polar surface area (TPSA) is 12.0 Å². The SMILES string of the molecule is CCC(CC)NC(C)=S. The molecule has 0 aliphatic rings. The standard InChI is InChI=1S/C7H15NS/c1-4-7(5-2)8-6(3)9/h7H,4-5H2,1-3H3,(H,8,9). The number of hydrogen-bond donors (Lipinski definition) is 1. The van der Waals surface area contributed by atoms with Crippen LogP contribution in [0.25, 0.3) is 0 Å². The third-order valence-corrected chi connectivity index (χ3v) is 1.51. The Morgan fingerprint density at radius 2 is 1.89 bits per heavy atom. The van der Waals surface area contributed by atoms with Gasteiger partial charge in [0.15, 0.2) is 0 Å². The van der Waals surface area contributed by atoms with E-state index < -0.39 is 0 Å². The molecule has 0 amide bonds. The quantitative estimate of drug-likeness (QED) is 0.610. The van der Waals surface area contributed by atoms with Gasteiger partial charge in [-0.05, 0) is 19.8 Å². The highest BCUT2D eigenvalue weighted by atomic mass is 32.1. The summed E-state index contributed by atoms with van der Waals surface area (Å²) in [5, 5.41) is 3.21. The highest BCUT2D eigenvalue weighted by molar-refractivity contribution is 7.80. The number of thiocarbonyl (C=S) groups is 1. The summed E-state index contributed by atoms with van der Waals surface area (Å²) in [6.07, 6.45) is 2.31. The van der Waals surface area contributed by atoms with Crippen molar-refractivity contribution in [3.8, 4) is 0 Å². The van der Waals surface area contributed by atoms with Crippen molar-refractivity contribution in [3.63, 3.8) is 0 Å². The van der Waals surface area contributed by atoms with E-state index in [1.807, 2.05) is 6.92 Å². The van der Waals surface area contributed by atoms with Crippen molar-refractivity contribution in [2.75, 3.05) is 0 Å². The fourth-order valence-corrected chi connectivity index (χ4v) is 0.947. The Labute approximate surface area is 62.8 Å². The van der Waals surface area contributed by atoms with Crippen molar-refractivity contribution in [2.24, 2.45) is 0 Å². The lowest BCUT2D eigenvalue weighted by molar-refractivity contribution is 0.572. The van der Waals surface area contributed by atoms with Crippen LogP contribution in [-0.2, 0) is 0 Å². The molecular weight excluding hydrogens is 130 g/mol. The summed E-state index contributed by atoms with van der Waals surface area (Å²) >= 11 is 4.89. The summed E-state index contributed by atoms with van der Waals surface area (Å²) in [4.78, 5) is 0.906. The molecule has 0 bridgehead atoms. The second kappa shape index (κ2) is 4.74. The summed E-state index contributed by atoms with van der Waals surface area (Å²) in [6.45, 7) is 6.26. The van der Waals surface area contributed by atoms with Crippen LogP contribution >= 0.6 is 12.2 Å². The minimum absolute atomic E-state index is 0.586. The van der Waals surface area contributed by atoms with Crippen LogP contribution in [0.5, 0.6) is 0 Å². The Hall–Kier alpha value is -0.110. The van der Waals surface area contributed by atoms with E-state index in [-0.39, 0.29) is 0 Å². The van der Waals surface area contributed by atoms with Gasteiger partial charge in [0.05, 0.1) is 4.99 Å². The van der Waals surface area contributed by atoms with E-state index >= 15 is 0 Å². The van der Waals surface area contributed by atoms with Crippen LogP contribution in [0, 0.1) is 0 Å². The van der Waals surface area contributed by atoms with Gasteiger partial charge in [-0.3, -0.25) is 0 Å². The van der Waals surface area contributed by atoms with E-state index in [1.165, 1.54) is 0 Å². The van der Waals surface area contributed by atoms with E-state index in [0.29, 0.717) is 6.04 Å². The highest BCUT2D eigenvalue weighted by Gasteiger charge is 1.99. The van der Waals surface area contributed by atoms with Gasteiger partial charge in [-0.15, -0.1) is 0 Å². The third kappa shape index (κ3) is 4.40. The molecule has 0 aromatic heterocycles. The Morgan fingerprint density at radius 1 is 1.44 bits per heavy atom. The monoisotopic (exact) mass is 145 g/mol. The number of nitrogens with one attached hydrogen (secondary N) is 1. The van der Waals surface area contributed by atoms with Gasteiger partial charge >= 0.3 is 0 Å². The normalized spacial score (nSPS) is 9.78. The van der Waals surface area contributed by atoms with Gasteiger partial charge in [-0.25, -0.2) is 0 Å². The van der Waals surface area contributed by atoms with Crippen molar-refractivity contribution in [3.05, 3.63) is 0 Å². The van der Waals surface area contributed by atoms with E-state index in [0.717, 1.165) is 17.8 Å². The molecule has 1 nitrogen and oxygen atoms in total. The fraction of sp³-hybridized carbons (Fsp3) is 0.857. The molecule has 0 aliphatic heterocycles. The van der Waals surface area contributed by atoms with E-state index in [2.05, 4.69) is 19.2 Å². The zero-order valence-corrected chi connectivity index (χ0v) is 7.22. The second-order valence-corrected chi connectivity index (χ2v) is 2.83. The van der Waals surface area contributed by atoms with Crippen LogP contribution in [0.3, 0.4) is 0 Å². The lowest BCUT2D eigenvalue weighted by atomic mass is 10.2. The Kier molecular flexibility index (Phi) is 4.68. The van der Waals surface area contributed by atoms with Gasteiger partial charge in [0.2, 0.25) is 0 Å². The third-order valence-electron chi connectivity index (χ3n) is 1.39. The molecule has 0 fully saturated rings. The first-order valence-electron chi connectivity index (χ1n) is 3.47. The maximum Gasteiger partial charge on any atom is 0.0724 e. The van der Waals surface area contributed by atoms with Crippen molar-refractivity contribution < 1.29 is 0 Å². The molecule has 54 valence electrons. The average Bonchev–Trinajstić information content (AvgIpc) is 1.82. The van der Waals surface area contributed by atoms with Crippen LogP contribution in [0.15, 0.2) is 0 Å². The summed E-state index contributed by atoms with van der Waals surface area (Å²) < 4.78 is 0. The minimum Gasteiger partial charge on any atom is -0.377 e. The second-order valence-electron chi connectivity index (χ2n) is 2.21. The van der Waals surface area contributed by atoms with Crippen molar-refractivity contribution in [2.45, 2.75) is 39.7 Å². The van der Waals surface area contributed by atoms with Crippen molar-refractivity contribution >= 4 is 17.2 Å². The van der Waals surface area contributed by atoms with Gasteiger partial charge in [0, 0.05) is 6.04 Å². The summed E-state index contributed by atoms with van der Waals surface area (Å²) in [7, 11) is 0. The van der Waals surface area contributed by atoms with Crippen LogP contribution in [0.4, 0.5) is 0 Å². The molecule has 0 heterocycles. The largest absolute Gasteiger partial charge is 0.377 e. The van der Waals surface area contributed by atoms with E-state index in [1.54, 1.807) is 0 Å². The van der Waals surface area contributed by atoms with Crippen LogP contribution in [0.1, 0.15) is 33.6 Å². The molecule has 0 spiro atoms. The molecule has 2 heteroatoms. The van der Waals surface area contributed by atoms with Crippen molar-refractivity contribution in [1.29, 1.82) is 0 Å². The summed E-state index contributed by atoms with van der Waals surface area (Å²) in [5.74, 6) is 0. The van der Waals surface area contributed by atoms with Crippen LogP contribution < -0.4 is 5.32 Å². The maximum absolute atomic E-state index is 4.89. The average molecular weight is 145 g/mol. The van der Waals surface area contributed by atoms with Crippen molar-refractivity contribution in [1.82, 2.24) is 5.32 Å². The molecule has 9 heavy (non-hydrogen) atoms. The molecule has 0 aromatic carbocycles. The van der Waals surface area contributed by atoms with Crippen LogP contribution in [-0.4, -0.2) is 11.0 Å². The molecular formula is C7H15NS. The summed E-state index contributed by atoms with van der Waals surface area (Å²) in [6, 6.07) is 0.586. The Balaban J connectivity index is 3.43. The first-order chi connectivity index (χ1) is 4.20. The molecule has 0 unspecified atom stereocenters. The van der Waals surface area contributed by atoms with Gasteiger partial charge < -0.3 is 5.32 Å². The molecule has 0 radical (unpaired) electrons. The zero-order chi connectivity index (χ0) is 7.28. The molecule has 0 rings (SSSR count). The highest BCUT2D eigenvalue weighted by Crippen LogP contribution is 1.95. The smallest absolute Gasteiger partial charge is 0.0724 e. The fourth-order valence-electron chi connectivity index (χ4n) is 0.780. The lowest BCUT2D eigenvalue weighted by Crippen LogP contribution is -2.30. The molecule has 1 N–H and O–H groups in total. The number of rotatable bonds is 3. The van der Waals surface area contributed by atoms with Gasteiger partial charge in [0.1, 0.15) is 0 Å². The van der Waals surface area contributed by atoms with Gasteiger partial charge in [-0.2, -0.15) is 0 Å². The molecule has 0 saturated carbocycles. The van der Waals surface area contributed by atoms with E-state index in [4.69, 9.17) is 12.2 Å². The van der Waals surface area contributed by atoms with Gasteiger partial charge in [0.25, 0.3) is 0 Å². The van der Waals surface area contributed by atoms with Crippen LogP contribution in [0.2, 0.25) is 0 Å². The van der Waals surface area contributed by atoms with E-state index in [9.17, 15) is 0 Å². The molecule has 0 aromatic rings. The predicted molar refractivity (Wildman–Crippen MR) is 45.8 cm³/mol. The predicted octanol–water partition coefficient (Wildman–Crippen LogP) is 2.11. The Morgan fingerprint density at radius 3 is 2.00 bits per heavy atom. The molecule has 0 atom stereocenters. The first-order valence-corrected chi connectivity index (χ1v) is 3.88. The Bertz CT molecular complexity index is 86.9. The maximum atomic E-state index is 4.89.